The highest BCUT2D eigenvalue weighted by atomic mass is 16.8. The number of hydrogen-bond acceptors (Lipinski definition) is 14. The molecule has 0 aromatic carbocycles. The molecule has 4 heterocycles. The molecule has 3 fully saturated rings. The predicted molar refractivity (Wildman–Crippen MR) is 148 cm³/mol. The summed E-state index contributed by atoms with van der Waals surface area (Å²) < 4.78 is 31.2. The standard InChI is InChI=1S/C31H26O14/c32-22-16-40-24(34)18(22)8-4-1-2-5-10-20-26(36)42-30(43-27(20)37)12-14-31(15-13-30)44-28(38)21(29(39)45-31)11-7-3-6-9-19-23(33)17-41-25(19)35/h1-7,9-11,17,32-33,35H,8,12-16H2. The van der Waals surface area contributed by atoms with Crippen LogP contribution in [-0.4, -0.2) is 63.3 Å². The molecule has 2 spiro atoms. The van der Waals surface area contributed by atoms with E-state index in [0.29, 0.717) is 0 Å². The van der Waals surface area contributed by atoms with Gasteiger partial charge in [-0.25, -0.2) is 24.0 Å². The molecule has 1 aliphatic carbocycles. The van der Waals surface area contributed by atoms with Crippen LogP contribution in [0.2, 0.25) is 0 Å². The molecule has 3 N–H and O–H groups in total. The predicted octanol–water partition coefficient (Wildman–Crippen LogP) is 3.15. The number of cyclic esters (lactones) is 1. The molecule has 0 bridgehead atoms. The second kappa shape index (κ2) is 12.4. The van der Waals surface area contributed by atoms with E-state index in [1.165, 1.54) is 48.6 Å². The number of aliphatic hydroxyl groups excluding tert-OH is 1. The zero-order valence-corrected chi connectivity index (χ0v) is 23.4. The molecule has 3 aliphatic heterocycles. The molecular weight excluding hydrogens is 596 g/mol. The van der Waals surface area contributed by atoms with Gasteiger partial charge in [-0.1, -0.05) is 42.5 Å². The molecule has 2 saturated heterocycles. The average Bonchev–Trinajstić information content (AvgIpc) is 3.49. The van der Waals surface area contributed by atoms with Crippen LogP contribution in [0.3, 0.4) is 0 Å². The van der Waals surface area contributed by atoms with Gasteiger partial charge in [-0.3, -0.25) is 0 Å². The van der Waals surface area contributed by atoms with Crippen molar-refractivity contribution in [3.05, 3.63) is 89.0 Å². The largest absolute Gasteiger partial charge is 0.508 e. The zero-order chi connectivity index (χ0) is 32.2. The van der Waals surface area contributed by atoms with Gasteiger partial charge in [-0.15, -0.1) is 0 Å². The number of hydrogen-bond donors (Lipinski definition) is 3. The number of furan rings is 1. The van der Waals surface area contributed by atoms with Crippen LogP contribution in [0, 0.1) is 0 Å². The van der Waals surface area contributed by atoms with Crippen molar-refractivity contribution >= 4 is 35.9 Å². The fourth-order valence-electron chi connectivity index (χ4n) is 4.78. The summed E-state index contributed by atoms with van der Waals surface area (Å²) in [6.07, 6.45) is 14.7. The van der Waals surface area contributed by atoms with Crippen LogP contribution in [0.4, 0.5) is 0 Å². The molecule has 45 heavy (non-hydrogen) atoms. The molecule has 14 nitrogen and oxygen atoms in total. The van der Waals surface area contributed by atoms with E-state index in [1.807, 2.05) is 0 Å². The average molecular weight is 623 g/mol. The molecule has 5 rings (SSSR count). The lowest BCUT2D eigenvalue weighted by Crippen LogP contribution is -2.56. The molecule has 1 aromatic rings. The highest BCUT2D eigenvalue weighted by molar-refractivity contribution is 6.16. The van der Waals surface area contributed by atoms with Crippen LogP contribution in [0.15, 0.2) is 87.8 Å². The first kappa shape index (κ1) is 30.7. The van der Waals surface area contributed by atoms with E-state index in [9.17, 15) is 39.3 Å². The van der Waals surface area contributed by atoms with Gasteiger partial charge in [0.25, 0.3) is 17.5 Å². The summed E-state index contributed by atoms with van der Waals surface area (Å²) in [6.45, 7) is -0.154. The Balaban J connectivity index is 1.13. The summed E-state index contributed by atoms with van der Waals surface area (Å²) >= 11 is 0. The second-order valence-corrected chi connectivity index (χ2v) is 10.1. The van der Waals surface area contributed by atoms with E-state index in [1.54, 1.807) is 12.2 Å². The Kier molecular flexibility index (Phi) is 8.48. The van der Waals surface area contributed by atoms with E-state index in [-0.39, 0.29) is 72.5 Å². The van der Waals surface area contributed by atoms with Gasteiger partial charge < -0.3 is 43.4 Å². The molecule has 14 heteroatoms. The number of aromatic hydroxyl groups is 2. The van der Waals surface area contributed by atoms with Crippen molar-refractivity contribution in [3.63, 3.8) is 0 Å². The number of esters is 5. The summed E-state index contributed by atoms with van der Waals surface area (Å²) in [5.41, 5.74) is -0.517. The molecule has 4 aliphatic rings. The number of allylic oxidation sites excluding steroid dienone is 9. The van der Waals surface area contributed by atoms with Crippen LogP contribution in [0.25, 0.3) is 6.08 Å². The lowest BCUT2D eigenvalue weighted by Gasteiger charge is -2.45. The smallest absolute Gasteiger partial charge is 0.348 e. The van der Waals surface area contributed by atoms with Crippen LogP contribution in [0.1, 0.15) is 37.7 Å². The van der Waals surface area contributed by atoms with Crippen molar-refractivity contribution in [2.45, 2.75) is 43.7 Å². The SMILES string of the molecule is O=C1OC2(CCC3(CC2)OC(=O)C(=CC=CC=Cc2c(O)coc2O)C(=O)O3)OC(=O)C1=CC=CC=CCC1=C(O)COC1=O. The molecule has 1 aromatic heterocycles. The van der Waals surface area contributed by atoms with Crippen molar-refractivity contribution in [2.24, 2.45) is 0 Å². The lowest BCUT2D eigenvalue weighted by atomic mass is 9.87. The molecule has 0 radical (unpaired) electrons. The fourth-order valence-corrected chi connectivity index (χ4v) is 4.78. The Morgan fingerprint density at radius 2 is 1.18 bits per heavy atom. The first-order chi connectivity index (χ1) is 21.5. The normalized spacial score (nSPS) is 25.6. The lowest BCUT2D eigenvalue weighted by molar-refractivity contribution is -0.291. The van der Waals surface area contributed by atoms with Crippen LogP contribution >= 0.6 is 0 Å². The van der Waals surface area contributed by atoms with Gasteiger partial charge in [0, 0.05) is 32.1 Å². The highest BCUT2D eigenvalue weighted by Gasteiger charge is 2.56. The van der Waals surface area contributed by atoms with E-state index in [0.717, 1.165) is 6.26 Å². The number of rotatable bonds is 7. The quantitative estimate of drug-likeness (QED) is 0.131. The van der Waals surface area contributed by atoms with Crippen LogP contribution in [0.5, 0.6) is 11.7 Å². The van der Waals surface area contributed by atoms with Gasteiger partial charge in [-0.05, 0) is 18.2 Å². The molecular formula is C31H26O14. The van der Waals surface area contributed by atoms with E-state index in [4.69, 9.17) is 23.7 Å². The summed E-state index contributed by atoms with van der Waals surface area (Å²) in [4.78, 5) is 62.1. The molecule has 234 valence electrons. The summed E-state index contributed by atoms with van der Waals surface area (Å²) in [5.74, 6) is -8.39. The molecule has 0 atom stereocenters. The van der Waals surface area contributed by atoms with Gasteiger partial charge in [-0.2, -0.15) is 0 Å². The minimum absolute atomic E-state index is 0.0511. The van der Waals surface area contributed by atoms with Crippen LogP contribution < -0.4 is 0 Å². The summed E-state index contributed by atoms with van der Waals surface area (Å²) in [6, 6.07) is 0. The van der Waals surface area contributed by atoms with E-state index >= 15 is 0 Å². The Bertz CT molecular complexity index is 1590. The van der Waals surface area contributed by atoms with Gasteiger partial charge >= 0.3 is 29.8 Å². The Labute approximate surface area is 254 Å². The topological polar surface area (TPSA) is 205 Å². The van der Waals surface area contributed by atoms with Crippen molar-refractivity contribution in [3.8, 4) is 11.7 Å². The first-order valence-corrected chi connectivity index (χ1v) is 13.6. The molecule has 0 amide bonds. The van der Waals surface area contributed by atoms with Gasteiger partial charge in [0.2, 0.25) is 0 Å². The van der Waals surface area contributed by atoms with Crippen molar-refractivity contribution in [1.82, 2.24) is 0 Å². The summed E-state index contributed by atoms with van der Waals surface area (Å²) in [7, 11) is 0. The fraction of sp³-hybridized carbons (Fsp3) is 0.258. The maximum absolute atomic E-state index is 12.7. The third-order valence-corrected chi connectivity index (χ3v) is 7.18. The van der Waals surface area contributed by atoms with Gasteiger partial charge in [0.1, 0.15) is 35.3 Å². The van der Waals surface area contributed by atoms with Gasteiger partial charge in [0.05, 0.1) is 5.57 Å². The minimum Gasteiger partial charge on any atom is -0.508 e. The zero-order valence-electron chi connectivity index (χ0n) is 23.4. The second-order valence-electron chi connectivity index (χ2n) is 10.1. The Morgan fingerprint density at radius 3 is 1.62 bits per heavy atom. The Hall–Kier alpha value is -5.79. The number of carbonyl (C=O) groups excluding carboxylic acids is 5. The minimum atomic E-state index is -1.62. The maximum Gasteiger partial charge on any atom is 0.348 e. The maximum atomic E-state index is 12.7. The third-order valence-electron chi connectivity index (χ3n) is 7.18. The van der Waals surface area contributed by atoms with Gasteiger partial charge in [0.15, 0.2) is 5.75 Å². The molecule has 0 unspecified atom stereocenters. The van der Waals surface area contributed by atoms with Crippen molar-refractivity contribution in [2.75, 3.05) is 6.61 Å². The van der Waals surface area contributed by atoms with Crippen molar-refractivity contribution in [1.29, 1.82) is 0 Å². The summed E-state index contributed by atoms with van der Waals surface area (Å²) in [5, 5.41) is 28.6. The monoisotopic (exact) mass is 622 g/mol. The number of carbonyl (C=O) groups is 5. The van der Waals surface area contributed by atoms with Crippen LogP contribution in [-0.2, 0) is 47.7 Å². The number of aliphatic hydroxyl groups is 1. The van der Waals surface area contributed by atoms with Crippen molar-refractivity contribution < 1.29 is 67.4 Å². The molecule has 1 saturated carbocycles. The Morgan fingerprint density at radius 1 is 0.667 bits per heavy atom. The van der Waals surface area contributed by atoms with E-state index < -0.39 is 47.4 Å². The first-order valence-electron chi connectivity index (χ1n) is 13.6. The number of ether oxygens (including phenoxy) is 5. The highest BCUT2D eigenvalue weighted by Crippen LogP contribution is 2.45. The third kappa shape index (κ3) is 6.59. The van der Waals surface area contributed by atoms with E-state index in [2.05, 4.69) is 4.42 Å².